The normalized spacial score (nSPS) is 21.6. The fourth-order valence-electron chi connectivity index (χ4n) is 3.14. The van der Waals surface area contributed by atoms with Crippen molar-refractivity contribution in [3.8, 4) is 0 Å². The average molecular weight is 423 g/mol. The lowest BCUT2D eigenvalue weighted by Crippen LogP contribution is -2.19. The molecular formula is C25H34N4O2. The lowest BCUT2D eigenvalue weighted by Gasteiger charge is -2.12. The molecule has 0 saturated heterocycles. The molecule has 1 aliphatic rings. The van der Waals surface area contributed by atoms with E-state index in [9.17, 15) is 5.11 Å². The molecule has 6 heteroatoms. The van der Waals surface area contributed by atoms with Crippen molar-refractivity contribution in [2.75, 3.05) is 20.3 Å². The first-order valence-corrected chi connectivity index (χ1v) is 10.8. The van der Waals surface area contributed by atoms with Crippen LogP contribution in [0.5, 0.6) is 0 Å². The molecule has 166 valence electrons. The van der Waals surface area contributed by atoms with Gasteiger partial charge in [0.05, 0.1) is 5.70 Å². The zero-order valence-corrected chi connectivity index (χ0v) is 18.8. The number of amidine groups is 2. The Bertz CT molecular complexity index is 880. The zero-order valence-electron chi connectivity index (χ0n) is 18.8. The molecule has 0 aromatic heterocycles. The zero-order chi connectivity index (χ0) is 22.5. The third kappa shape index (κ3) is 8.72. The smallest absolute Gasteiger partial charge is 0.168 e. The van der Waals surface area contributed by atoms with Gasteiger partial charge >= 0.3 is 0 Å². The molecule has 2 rings (SSSR count). The number of hydrogen-bond donors (Lipinski definition) is 2. The van der Waals surface area contributed by atoms with Crippen molar-refractivity contribution in [2.45, 2.75) is 39.5 Å². The van der Waals surface area contributed by atoms with Crippen molar-refractivity contribution in [3.63, 3.8) is 0 Å². The van der Waals surface area contributed by atoms with Crippen LogP contribution < -0.4 is 5.73 Å². The minimum absolute atomic E-state index is 0.00994. The van der Waals surface area contributed by atoms with Crippen molar-refractivity contribution in [2.24, 2.45) is 26.6 Å². The highest BCUT2D eigenvalue weighted by Gasteiger charge is 2.09. The third-order valence-corrected chi connectivity index (χ3v) is 4.93. The summed E-state index contributed by atoms with van der Waals surface area (Å²) in [5.41, 5.74) is 9.13. The number of benzene rings is 1. The molecule has 1 unspecified atom stereocenters. The first kappa shape index (κ1) is 24.3. The summed E-state index contributed by atoms with van der Waals surface area (Å²) < 4.78 is 5.08. The van der Waals surface area contributed by atoms with E-state index in [0.29, 0.717) is 24.0 Å². The van der Waals surface area contributed by atoms with E-state index in [2.05, 4.69) is 52.2 Å². The number of aryl methyl sites for hydroxylation is 1. The number of aliphatic hydroxyl groups is 1. The molecule has 3 N–H and O–H groups in total. The molecule has 31 heavy (non-hydrogen) atoms. The van der Waals surface area contributed by atoms with Crippen LogP contribution in [-0.2, 0) is 11.2 Å². The highest BCUT2D eigenvalue weighted by Crippen LogP contribution is 2.20. The van der Waals surface area contributed by atoms with Crippen molar-refractivity contribution in [3.05, 3.63) is 71.2 Å². The van der Waals surface area contributed by atoms with Crippen LogP contribution in [-0.4, -0.2) is 43.3 Å². The summed E-state index contributed by atoms with van der Waals surface area (Å²) in [6.45, 7) is 4.84. The van der Waals surface area contributed by atoms with Crippen molar-refractivity contribution in [1.29, 1.82) is 0 Å². The van der Waals surface area contributed by atoms with E-state index in [4.69, 9.17) is 10.5 Å². The second-order valence-corrected chi connectivity index (χ2v) is 7.37. The molecule has 0 bridgehead atoms. The molecule has 1 heterocycles. The fourth-order valence-corrected chi connectivity index (χ4v) is 3.14. The van der Waals surface area contributed by atoms with E-state index in [0.717, 1.165) is 25.7 Å². The number of nitrogens with zero attached hydrogens (tertiary/aromatic N) is 3. The number of nitrogens with two attached hydrogens (primary N) is 1. The summed E-state index contributed by atoms with van der Waals surface area (Å²) in [6.07, 6.45) is 11.6. The van der Waals surface area contributed by atoms with E-state index in [-0.39, 0.29) is 18.2 Å². The summed E-state index contributed by atoms with van der Waals surface area (Å²) in [6, 6.07) is 10.4. The van der Waals surface area contributed by atoms with Crippen LogP contribution in [0.15, 0.2) is 80.6 Å². The van der Waals surface area contributed by atoms with Gasteiger partial charge in [0.1, 0.15) is 6.61 Å². The van der Waals surface area contributed by atoms with Crippen molar-refractivity contribution in [1.82, 2.24) is 0 Å². The van der Waals surface area contributed by atoms with Gasteiger partial charge in [-0.25, -0.2) is 4.99 Å². The van der Waals surface area contributed by atoms with Crippen LogP contribution in [0.3, 0.4) is 0 Å². The topological polar surface area (TPSA) is 92.6 Å². The van der Waals surface area contributed by atoms with Gasteiger partial charge in [-0.2, -0.15) is 0 Å². The van der Waals surface area contributed by atoms with Crippen LogP contribution in [0, 0.1) is 5.92 Å². The number of aliphatic imine (C=N–C) groups is 3. The number of methoxy groups -OCH3 is 1. The molecular weight excluding hydrogens is 388 g/mol. The lowest BCUT2D eigenvalue weighted by molar-refractivity contribution is 0.244. The van der Waals surface area contributed by atoms with Crippen LogP contribution >= 0.6 is 0 Å². The molecule has 1 aromatic rings. The Morgan fingerprint density at radius 3 is 2.71 bits per heavy atom. The Morgan fingerprint density at radius 2 is 2.03 bits per heavy atom. The first-order chi connectivity index (χ1) is 15.0. The number of rotatable bonds is 9. The number of allylic oxidation sites excluding steroid dienone is 4. The number of aliphatic hydroxyl groups excluding tert-OH is 1. The van der Waals surface area contributed by atoms with E-state index in [1.165, 1.54) is 11.1 Å². The molecule has 0 saturated carbocycles. The number of hydrogen-bond acceptors (Lipinski definition) is 4. The van der Waals surface area contributed by atoms with Gasteiger partial charge in [-0.1, -0.05) is 43.3 Å². The van der Waals surface area contributed by atoms with Gasteiger partial charge < -0.3 is 15.6 Å². The van der Waals surface area contributed by atoms with Gasteiger partial charge in [0.15, 0.2) is 17.4 Å². The Labute approximate surface area is 185 Å². The minimum atomic E-state index is -0.140. The Morgan fingerprint density at radius 1 is 1.26 bits per heavy atom. The molecule has 6 nitrogen and oxygen atoms in total. The predicted octanol–water partition coefficient (Wildman–Crippen LogP) is 4.79. The van der Waals surface area contributed by atoms with Gasteiger partial charge in [0.25, 0.3) is 0 Å². The van der Waals surface area contributed by atoms with Crippen LogP contribution in [0.4, 0.5) is 0 Å². The van der Waals surface area contributed by atoms with Crippen molar-refractivity contribution >= 4 is 17.9 Å². The molecule has 0 fully saturated rings. The molecule has 1 atom stereocenters. The summed E-state index contributed by atoms with van der Waals surface area (Å²) in [4.78, 5) is 13.0. The average Bonchev–Trinajstić information content (AvgIpc) is 2.76. The van der Waals surface area contributed by atoms with Crippen molar-refractivity contribution < 1.29 is 9.84 Å². The maximum atomic E-state index is 10.5. The fraction of sp³-hybridized carbons (Fsp3) is 0.400. The quantitative estimate of drug-likeness (QED) is 0.340. The second kappa shape index (κ2) is 13.3. The summed E-state index contributed by atoms with van der Waals surface area (Å²) in [5, 5.41) is 10.5. The van der Waals surface area contributed by atoms with E-state index < -0.39 is 0 Å². The highest BCUT2D eigenvalue weighted by molar-refractivity contribution is 6.04. The summed E-state index contributed by atoms with van der Waals surface area (Å²) in [7, 11) is 1.56. The van der Waals surface area contributed by atoms with Gasteiger partial charge in [-0.15, -0.1) is 0 Å². The maximum Gasteiger partial charge on any atom is 0.168 e. The first-order valence-electron chi connectivity index (χ1n) is 10.8. The van der Waals surface area contributed by atoms with Gasteiger partial charge in [-0.3, -0.25) is 9.98 Å². The van der Waals surface area contributed by atoms with Gasteiger partial charge in [0.2, 0.25) is 0 Å². The Hall–Kier alpha value is -2.99. The van der Waals surface area contributed by atoms with Gasteiger partial charge in [-0.05, 0) is 55.7 Å². The summed E-state index contributed by atoms with van der Waals surface area (Å²) in [5.74, 6) is 0.651. The van der Waals surface area contributed by atoms with Gasteiger partial charge in [0, 0.05) is 25.9 Å². The monoisotopic (exact) mass is 422 g/mol. The molecule has 1 aliphatic heterocycles. The van der Waals surface area contributed by atoms with Crippen LogP contribution in [0.2, 0.25) is 0 Å². The molecule has 1 aromatic carbocycles. The maximum absolute atomic E-state index is 10.5. The van der Waals surface area contributed by atoms with E-state index >= 15 is 0 Å². The molecule has 0 aliphatic carbocycles. The van der Waals surface area contributed by atoms with E-state index in [1.54, 1.807) is 13.2 Å². The molecule has 0 amide bonds. The van der Waals surface area contributed by atoms with E-state index in [1.807, 2.05) is 25.3 Å². The largest absolute Gasteiger partial charge is 0.504 e. The second-order valence-electron chi connectivity index (χ2n) is 7.37. The molecule has 0 spiro atoms. The highest BCUT2D eigenvalue weighted by atomic mass is 16.5. The molecule has 0 radical (unpaired) electrons. The lowest BCUT2D eigenvalue weighted by atomic mass is 9.97. The summed E-state index contributed by atoms with van der Waals surface area (Å²) >= 11 is 0. The van der Waals surface area contributed by atoms with Crippen LogP contribution in [0.1, 0.15) is 38.7 Å². The Balaban J connectivity index is 2.25. The standard InChI is InChI=1S/C25H34N4O2/c1-4-19-11-13-21(14-12-20-9-7-6-8-10-20)15-22(28-17-19)16-23(30)25(26)29-24(18-31-3)27-5-2/h6-10,13,15-17,19,30H,4-5,11-12,14,18H2,1-3H3,(H2,26,27,29)/b21-13-,22-15-,23-16-,28-17?. The number of ether oxygens (including phenoxy) is 1. The van der Waals surface area contributed by atoms with Crippen LogP contribution in [0.25, 0.3) is 0 Å². The Kier molecular flexibility index (Phi) is 10.4. The SMILES string of the molecule is CCN=C(COC)N=C(N)/C(O)=C/C1=C/C(CCc2ccccc2)=C\CC(CC)C=N1. The minimum Gasteiger partial charge on any atom is -0.504 e. The predicted molar refractivity (Wildman–Crippen MR) is 130 cm³/mol. The third-order valence-electron chi connectivity index (χ3n) is 4.93.